The largest absolute Gasteiger partial charge is 0.493 e. The summed E-state index contributed by atoms with van der Waals surface area (Å²) < 4.78 is 11.1. The van der Waals surface area contributed by atoms with E-state index in [2.05, 4.69) is 70.1 Å². The normalized spacial score (nSPS) is 11.6. The maximum Gasteiger partial charge on any atom is 0.191 e. The maximum absolute atomic E-state index is 5.97. The Labute approximate surface area is 178 Å². The van der Waals surface area contributed by atoms with E-state index in [1.54, 1.807) is 14.2 Å². The van der Waals surface area contributed by atoms with Crippen molar-refractivity contribution in [2.24, 2.45) is 4.99 Å². The first kappa shape index (κ1) is 21.7. The van der Waals surface area contributed by atoms with Gasteiger partial charge in [-0.05, 0) is 36.6 Å². The molecule has 0 aliphatic carbocycles. The summed E-state index contributed by atoms with van der Waals surface area (Å²) in [5, 5.41) is 8.07. The van der Waals surface area contributed by atoms with Crippen molar-refractivity contribution in [3.05, 3.63) is 65.4 Å². The van der Waals surface area contributed by atoms with Gasteiger partial charge in [0, 0.05) is 62.9 Å². The molecule has 1 heterocycles. The third-order valence-electron chi connectivity index (χ3n) is 5.00. The third-order valence-corrected chi connectivity index (χ3v) is 5.00. The van der Waals surface area contributed by atoms with Crippen molar-refractivity contribution in [2.45, 2.75) is 26.3 Å². The predicted octanol–water partition coefficient (Wildman–Crippen LogP) is 3.80. The van der Waals surface area contributed by atoms with Gasteiger partial charge < -0.3 is 25.1 Å². The molecule has 0 unspecified atom stereocenters. The molecule has 0 saturated carbocycles. The van der Waals surface area contributed by atoms with Crippen molar-refractivity contribution in [1.82, 2.24) is 15.6 Å². The van der Waals surface area contributed by atoms with E-state index in [0.29, 0.717) is 19.8 Å². The number of guanidine groups is 1. The summed E-state index contributed by atoms with van der Waals surface area (Å²) in [6, 6.07) is 14.7. The lowest BCUT2D eigenvalue weighted by atomic mass is 10.1. The van der Waals surface area contributed by atoms with Crippen LogP contribution in [-0.4, -0.2) is 44.9 Å². The van der Waals surface area contributed by atoms with Gasteiger partial charge in [0.25, 0.3) is 0 Å². The molecule has 6 nitrogen and oxygen atoms in total. The number of hydrogen-bond acceptors (Lipinski definition) is 3. The molecule has 0 bridgehead atoms. The van der Waals surface area contributed by atoms with E-state index in [4.69, 9.17) is 9.47 Å². The number of benzene rings is 2. The number of nitrogens with one attached hydrogen (secondary N) is 3. The molecule has 0 aliphatic rings. The SMILES string of the molecule is CN=C(NCCc1c[nH]c2ccccc12)NCc1ccc(C)cc1OCCCOC. The van der Waals surface area contributed by atoms with Gasteiger partial charge in [-0.15, -0.1) is 0 Å². The highest BCUT2D eigenvalue weighted by Gasteiger charge is 2.07. The number of hydrogen-bond donors (Lipinski definition) is 3. The van der Waals surface area contributed by atoms with Crippen molar-refractivity contribution < 1.29 is 9.47 Å². The van der Waals surface area contributed by atoms with Gasteiger partial charge in [0.1, 0.15) is 5.75 Å². The number of nitrogens with zero attached hydrogens (tertiary/aromatic N) is 1. The summed E-state index contributed by atoms with van der Waals surface area (Å²) in [5.41, 5.74) is 4.77. The number of aromatic nitrogens is 1. The lowest BCUT2D eigenvalue weighted by molar-refractivity contribution is 0.172. The van der Waals surface area contributed by atoms with E-state index in [9.17, 15) is 0 Å². The van der Waals surface area contributed by atoms with E-state index in [1.807, 2.05) is 6.07 Å². The summed E-state index contributed by atoms with van der Waals surface area (Å²) in [4.78, 5) is 7.67. The van der Waals surface area contributed by atoms with Crippen LogP contribution in [0.4, 0.5) is 0 Å². The minimum atomic E-state index is 0.641. The highest BCUT2D eigenvalue weighted by molar-refractivity contribution is 5.83. The Kier molecular flexibility index (Phi) is 8.15. The summed E-state index contributed by atoms with van der Waals surface area (Å²) in [7, 11) is 3.50. The quantitative estimate of drug-likeness (QED) is 0.271. The van der Waals surface area contributed by atoms with Gasteiger partial charge in [-0.2, -0.15) is 0 Å². The predicted molar refractivity (Wildman–Crippen MR) is 123 cm³/mol. The number of ether oxygens (including phenoxy) is 2. The van der Waals surface area contributed by atoms with Crippen LogP contribution in [0.2, 0.25) is 0 Å². The van der Waals surface area contributed by atoms with Crippen LogP contribution in [0.5, 0.6) is 5.75 Å². The summed E-state index contributed by atoms with van der Waals surface area (Å²) in [5.74, 6) is 1.69. The molecule has 0 spiro atoms. The first-order valence-corrected chi connectivity index (χ1v) is 10.4. The molecular formula is C24H32N4O2. The fourth-order valence-corrected chi connectivity index (χ4v) is 3.38. The average molecular weight is 409 g/mol. The van der Waals surface area contributed by atoms with Crippen molar-refractivity contribution in [3.8, 4) is 5.75 Å². The van der Waals surface area contributed by atoms with E-state index in [-0.39, 0.29) is 0 Å². The molecule has 0 aliphatic heterocycles. The molecule has 3 aromatic rings. The number of fused-ring (bicyclic) bond motifs is 1. The standard InChI is InChI=1S/C24H32N4O2/c1-18-9-10-20(23(15-18)30-14-6-13-29-3)17-28-24(25-2)26-12-11-19-16-27-22-8-5-4-7-21(19)22/h4-5,7-10,15-16,27H,6,11-14,17H2,1-3H3,(H2,25,26,28). The number of aromatic amines is 1. The number of para-hydroxylation sites is 1. The van der Waals surface area contributed by atoms with Gasteiger partial charge in [0.15, 0.2) is 5.96 Å². The van der Waals surface area contributed by atoms with Crippen LogP contribution in [0, 0.1) is 6.92 Å². The van der Waals surface area contributed by atoms with Gasteiger partial charge in [-0.3, -0.25) is 4.99 Å². The van der Waals surface area contributed by atoms with Crippen LogP contribution in [0.25, 0.3) is 10.9 Å². The van der Waals surface area contributed by atoms with Crippen molar-refractivity contribution in [1.29, 1.82) is 0 Å². The van der Waals surface area contributed by atoms with Gasteiger partial charge in [0.2, 0.25) is 0 Å². The lowest BCUT2D eigenvalue weighted by Crippen LogP contribution is -2.37. The van der Waals surface area contributed by atoms with Gasteiger partial charge in [-0.1, -0.05) is 30.3 Å². The lowest BCUT2D eigenvalue weighted by Gasteiger charge is -2.15. The van der Waals surface area contributed by atoms with Crippen LogP contribution >= 0.6 is 0 Å². The Morgan fingerprint density at radius 3 is 2.77 bits per heavy atom. The van der Waals surface area contributed by atoms with E-state index >= 15 is 0 Å². The molecule has 160 valence electrons. The zero-order valence-corrected chi connectivity index (χ0v) is 18.1. The minimum Gasteiger partial charge on any atom is -0.493 e. The first-order valence-electron chi connectivity index (χ1n) is 10.4. The summed E-state index contributed by atoms with van der Waals surface area (Å²) in [6.07, 6.45) is 3.87. The number of H-pyrrole nitrogens is 1. The Morgan fingerprint density at radius 1 is 1.07 bits per heavy atom. The topological polar surface area (TPSA) is 70.7 Å². The molecule has 3 rings (SSSR count). The smallest absolute Gasteiger partial charge is 0.191 e. The molecule has 1 aromatic heterocycles. The van der Waals surface area contributed by atoms with Crippen LogP contribution < -0.4 is 15.4 Å². The fourth-order valence-electron chi connectivity index (χ4n) is 3.38. The van der Waals surface area contributed by atoms with Gasteiger partial charge >= 0.3 is 0 Å². The van der Waals surface area contributed by atoms with Gasteiger partial charge in [-0.25, -0.2) is 0 Å². The van der Waals surface area contributed by atoms with Crippen LogP contribution in [-0.2, 0) is 17.7 Å². The number of rotatable bonds is 10. The van der Waals surface area contributed by atoms with E-state index in [0.717, 1.165) is 36.7 Å². The Balaban J connectivity index is 1.51. The summed E-state index contributed by atoms with van der Waals surface area (Å²) in [6.45, 7) is 4.86. The van der Waals surface area contributed by atoms with Gasteiger partial charge in [0.05, 0.1) is 6.61 Å². The highest BCUT2D eigenvalue weighted by atomic mass is 16.5. The zero-order chi connectivity index (χ0) is 21.2. The second kappa shape index (κ2) is 11.3. The monoisotopic (exact) mass is 408 g/mol. The van der Waals surface area contributed by atoms with E-state index < -0.39 is 0 Å². The number of aliphatic imine (C=N–C) groups is 1. The molecule has 6 heteroatoms. The molecule has 0 fully saturated rings. The molecule has 0 saturated heterocycles. The van der Waals surface area contributed by atoms with Crippen molar-refractivity contribution in [3.63, 3.8) is 0 Å². The Hall–Kier alpha value is -2.99. The van der Waals surface area contributed by atoms with Crippen molar-refractivity contribution >= 4 is 16.9 Å². The molecule has 0 amide bonds. The first-order chi connectivity index (χ1) is 14.7. The zero-order valence-electron chi connectivity index (χ0n) is 18.1. The third kappa shape index (κ3) is 6.00. The minimum absolute atomic E-state index is 0.641. The summed E-state index contributed by atoms with van der Waals surface area (Å²) >= 11 is 0. The number of methoxy groups -OCH3 is 1. The Morgan fingerprint density at radius 2 is 1.93 bits per heavy atom. The van der Waals surface area contributed by atoms with Crippen molar-refractivity contribution in [2.75, 3.05) is 33.9 Å². The van der Waals surface area contributed by atoms with Crippen LogP contribution in [0.15, 0.2) is 53.7 Å². The molecule has 2 aromatic carbocycles. The molecule has 0 radical (unpaired) electrons. The molecule has 30 heavy (non-hydrogen) atoms. The Bertz CT molecular complexity index is 965. The fraction of sp³-hybridized carbons (Fsp3) is 0.375. The molecular weight excluding hydrogens is 376 g/mol. The second-order valence-electron chi connectivity index (χ2n) is 7.27. The maximum atomic E-state index is 5.97. The second-order valence-corrected chi connectivity index (χ2v) is 7.27. The van der Waals surface area contributed by atoms with Crippen LogP contribution in [0.1, 0.15) is 23.1 Å². The molecule has 0 atom stereocenters. The highest BCUT2D eigenvalue weighted by Crippen LogP contribution is 2.21. The van der Waals surface area contributed by atoms with E-state index in [1.165, 1.54) is 22.0 Å². The molecule has 3 N–H and O–H groups in total. The average Bonchev–Trinajstić information content (AvgIpc) is 3.18. The van der Waals surface area contributed by atoms with Crippen LogP contribution in [0.3, 0.4) is 0 Å². The number of aryl methyl sites for hydroxylation is 1.